The topological polar surface area (TPSA) is 49.7 Å². The number of phenolic OH excluding ortho intramolecular Hbond substituents is 2. The van der Waals surface area contributed by atoms with Crippen LogP contribution in [0.5, 0.6) is 11.5 Å². The van der Waals surface area contributed by atoms with Gasteiger partial charge in [0.15, 0.2) is 0 Å². The summed E-state index contributed by atoms with van der Waals surface area (Å²) in [6.07, 6.45) is -0.803. The van der Waals surface area contributed by atoms with Crippen molar-refractivity contribution in [2.75, 3.05) is 0 Å². The monoisotopic (exact) mass is 416 g/mol. The van der Waals surface area contributed by atoms with Crippen molar-refractivity contribution in [3.05, 3.63) is 94.0 Å². The Balaban J connectivity index is 1.84. The first-order valence-corrected chi connectivity index (χ1v) is 10.9. The van der Waals surface area contributed by atoms with Gasteiger partial charge in [-0.1, -0.05) is 77.9 Å². The lowest BCUT2D eigenvalue weighted by atomic mass is 9.84. The van der Waals surface area contributed by atoms with Crippen LogP contribution in [0, 0.1) is 0 Å². The van der Waals surface area contributed by atoms with E-state index in [0.717, 1.165) is 33.4 Å². The molecule has 0 aromatic heterocycles. The Morgan fingerprint density at radius 3 is 1.32 bits per heavy atom. The van der Waals surface area contributed by atoms with Crippen LogP contribution in [0.1, 0.15) is 87.1 Å². The van der Waals surface area contributed by atoms with Gasteiger partial charge in [0.1, 0.15) is 23.7 Å². The van der Waals surface area contributed by atoms with E-state index in [1.165, 1.54) is 0 Å². The van der Waals surface area contributed by atoms with Gasteiger partial charge in [0, 0.05) is 11.1 Å². The molecule has 2 N–H and O–H groups in total. The van der Waals surface area contributed by atoms with Crippen LogP contribution in [0.3, 0.4) is 0 Å². The Hall–Kier alpha value is -2.78. The number of ether oxygens (including phenoxy) is 1. The summed E-state index contributed by atoms with van der Waals surface area (Å²) in [7, 11) is 0. The highest BCUT2D eigenvalue weighted by atomic mass is 16.5. The van der Waals surface area contributed by atoms with E-state index in [1.54, 1.807) is 12.1 Å². The molecule has 2 atom stereocenters. The van der Waals surface area contributed by atoms with Crippen LogP contribution in [0.4, 0.5) is 0 Å². The van der Waals surface area contributed by atoms with Crippen molar-refractivity contribution in [2.24, 2.45) is 0 Å². The summed E-state index contributed by atoms with van der Waals surface area (Å²) in [4.78, 5) is 0. The molecule has 0 radical (unpaired) electrons. The highest BCUT2D eigenvalue weighted by molar-refractivity contribution is 5.52. The lowest BCUT2D eigenvalue weighted by molar-refractivity contribution is 0.0553. The first-order chi connectivity index (χ1) is 14.5. The highest BCUT2D eigenvalue weighted by Crippen LogP contribution is 2.50. The lowest BCUT2D eigenvalue weighted by Crippen LogP contribution is -2.13. The number of hydrogen-bond acceptors (Lipinski definition) is 3. The van der Waals surface area contributed by atoms with Crippen molar-refractivity contribution in [1.29, 1.82) is 0 Å². The van der Waals surface area contributed by atoms with Gasteiger partial charge in [-0.15, -0.1) is 0 Å². The molecule has 0 saturated heterocycles. The van der Waals surface area contributed by atoms with E-state index >= 15 is 0 Å². The molecule has 1 aliphatic heterocycles. The number of benzene rings is 3. The third-order valence-corrected chi connectivity index (χ3v) is 6.19. The van der Waals surface area contributed by atoms with E-state index in [0.29, 0.717) is 0 Å². The Morgan fingerprint density at radius 1 is 0.581 bits per heavy atom. The van der Waals surface area contributed by atoms with Crippen molar-refractivity contribution in [3.63, 3.8) is 0 Å². The van der Waals surface area contributed by atoms with E-state index in [2.05, 4.69) is 41.5 Å². The second-order valence-corrected chi connectivity index (χ2v) is 10.6. The van der Waals surface area contributed by atoms with Crippen molar-refractivity contribution < 1.29 is 14.9 Å². The zero-order chi connectivity index (χ0) is 22.6. The second-order valence-electron chi connectivity index (χ2n) is 10.6. The predicted molar refractivity (Wildman–Crippen MR) is 125 cm³/mol. The van der Waals surface area contributed by atoms with Gasteiger partial charge in [-0.25, -0.2) is 0 Å². The Bertz CT molecular complexity index is 1030. The lowest BCUT2D eigenvalue weighted by Gasteiger charge is -2.24. The Morgan fingerprint density at radius 2 is 0.968 bits per heavy atom. The maximum atomic E-state index is 10.7. The molecule has 0 aliphatic carbocycles. The standard InChI is InChI=1S/C28H32O3/c1-27(2,3)17-11-13-23(29)21(15-17)25-19-9-7-8-10-20(19)26(31-25)22-16-18(28(4,5)6)12-14-24(22)30/h7-16,25-26,29-30H,1-6H3/t25-,26+. The van der Waals surface area contributed by atoms with Gasteiger partial charge >= 0.3 is 0 Å². The zero-order valence-electron chi connectivity index (χ0n) is 19.2. The van der Waals surface area contributed by atoms with Crippen LogP contribution in [0.25, 0.3) is 0 Å². The summed E-state index contributed by atoms with van der Waals surface area (Å²) in [6, 6.07) is 19.6. The van der Waals surface area contributed by atoms with Crippen LogP contribution < -0.4 is 0 Å². The molecule has 0 saturated carbocycles. The van der Waals surface area contributed by atoms with Crippen LogP contribution in [-0.4, -0.2) is 10.2 Å². The van der Waals surface area contributed by atoms with Crippen LogP contribution in [0.2, 0.25) is 0 Å². The molecule has 3 aromatic rings. The van der Waals surface area contributed by atoms with Crippen molar-refractivity contribution in [1.82, 2.24) is 0 Å². The summed E-state index contributed by atoms with van der Waals surface area (Å²) in [6.45, 7) is 12.9. The average molecular weight is 417 g/mol. The number of aromatic hydroxyl groups is 2. The summed E-state index contributed by atoms with van der Waals surface area (Å²) in [5.74, 6) is 0.447. The van der Waals surface area contributed by atoms with Crippen LogP contribution in [-0.2, 0) is 15.6 Å². The number of phenols is 2. The molecule has 31 heavy (non-hydrogen) atoms. The van der Waals surface area contributed by atoms with Gasteiger partial charge in [-0.05, 0) is 57.3 Å². The minimum absolute atomic E-state index is 0.0424. The molecule has 4 rings (SSSR count). The maximum absolute atomic E-state index is 10.7. The second kappa shape index (κ2) is 7.42. The summed E-state index contributed by atoms with van der Waals surface area (Å²) in [5.41, 5.74) is 5.76. The minimum atomic E-state index is -0.402. The molecule has 162 valence electrons. The van der Waals surface area contributed by atoms with Gasteiger partial charge in [-0.3, -0.25) is 0 Å². The fourth-order valence-corrected chi connectivity index (χ4v) is 4.21. The van der Waals surface area contributed by atoms with Gasteiger partial charge in [0.2, 0.25) is 0 Å². The van der Waals surface area contributed by atoms with E-state index in [9.17, 15) is 10.2 Å². The molecule has 1 aliphatic rings. The van der Waals surface area contributed by atoms with E-state index < -0.39 is 12.2 Å². The first kappa shape index (κ1) is 21.5. The summed E-state index contributed by atoms with van der Waals surface area (Å²) < 4.78 is 6.58. The average Bonchev–Trinajstić information content (AvgIpc) is 3.06. The van der Waals surface area contributed by atoms with Gasteiger partial charge in [0.05, 0.1) is 0 Å². The summed E-state index contributed by atoms with van der Waals surface area (Å²) in [5, 5.41) is 21.4. The van der Waals surface area contributed by atoms with Gasteiger partial charge < -0.3 is 14.9 Å². The largest absolute Gasteiger partial charge is 0.508 e. The zero-order valence-corrected chi connectivity index (χ0v) is 19.2. The third kappa shape index (κ3) is 3.95. The molecule has 0 unspecified atom stereocenters. The molecule has 0 bridgehead atoms. The third-order valence-electron chi connectivity index (χ3n) is 6.19. The minimum Gasteiger partial charge on any atom is -0.508 e. The summed E-state index contributed by atoms with van der Waals surface area (Å²) >= 11 is 0. The van der Waals surface area contributed by atoms with Crippen LogP contribution in [0.15, 0.2) is 60.7 Å². The van der Waals surface area contributed by atoms with E-state index in [4.69, 9.17) is 4.74 Å². The Kier molecular flexibility index (Phi) is 5.13. The SMILES string of the molecule is CC(C)(C)c1ccc(O)c([C@H]2O[C@@H](c3cc(C(C)(C)C)ccc3O)c3ccccc32)c1. The number of hydrogen-bond donors (Lipinski definition) is 2. The highest BCUT2D eigenvalue weighted by Gasteiger charge is 2.37. The molecule has 0 amide bonds. The maximum Gasteiger partial charge on any atom is 0.121 e. The fraction of sp³-hybridized carbons (Fsp3) is 0.357. The fourth-order valence-electron chi connectivity index (χ4n) is 4.21. The molecular formula is C28H32O3. The molecule has 3 aromatic carbocycles. The first-order valence-electron chi connectivity index (χ1n) is 10.9. The molecule has 0 fully saturated rings. The van der Waals surface area contributed by atoms with Crippen molar-refractivity contribution in [3.8, 4) is 11.5 Å². The molecule has 3 heteroatoms. The normalized spacial score (nSPS) is 18.8. The van der Waals surface area contributed by atoms with E-state index in [1.807, 2.05) is 48.5 Å². The quantitative estimate of drug-likeness (QED) is 0.477. The smallest absolute Gasteiger partial charge is 0.121 e. The molecule has 1 heterocycles. The molecule has 3 nitrogen and oxygen atoms in total. The van der Waals surface area contributed by atoms with Crippen molar-refractivity contribution >= 4 is 0 Å². The van der Waals surface area contributed by atoms with Gasteiger partial charge in [0.25, 0.3) is 0 Å². The molecular weight excluding hydrogens is 384 g/mol. The van der Waals surface area contributed by atoms with E-state index in [-0.39, 0.29) is 22.3 Å². The van der Waals surface area contributed by atoms with Crippen LogP contribution >= 0.6 is 0 Å². The Labute approximate surface area is 185 Å². The number of rotatable bonds is 2. The van der Waals surface area contributed by atoms with Crippen molar-refractivity contribution in [2.45, 2.75) is 64.6 Å². The molecule has 0 spiro atoms. The van der Waals surface area contributed by atoms with Gasteiger partial charge in [-0.2, -0.15) is 0 Å². The number of fused-ring (bicyclic) bond motifs is 1. The predicted octanol–water partition coefficient (Wildman–Crippen LogP) is 6.90.